The molecule has 0 radical (unpaired) electrons. The fourth-order valence-electron chi connectivity index (χ4n) is 7.82. The third-order valence-corrected chi connectivity index (χ3v) is 10.6. The second-order valence-corrected chi connectivity index (χ2v) is 14.2. The average molecular weight is 743 g/mol. The van der Waals surface area contributed by atoms with Crippen LogP contribution >= 0.6 is 0 Å². The topological polar surface area (TPSA) is 222 Å². The standard InChI is InChI=1S/C38H42N6O10/c39-34-31(16-28(42-43-34)26-3-1-2-4-30(26)45)54-20-23-19-38(17-22(23)18-38)21-40-32(46)9-10-51-11-12-52-13-14-53-24-5-6-25-27(15-24)37(50)44(36(25)49)29-7-8-33(47)41-35(29)48/h1-6,15-16,22-23,29,45H,7-14,17-21H2,(H2,39,43)(H,40,46)(H,41,47,48). The van der Waals surface area contributed by atoms with Crippen LogP contribution in [-0.4, -0.2) is 102 Å². The van der Waals surface area contributed by atoms with E-state index in [4.69, 9.17) is 24.7 Å². The lowest BCUT2D eigenvalue weighted by molar-refractivity contribution is -0.136. The summed E-state index contributed by atoms with van der Waals surface area (Å²) in [5.74, 6) is -0.359. The van der Waals surface area contributed by atoms with Crippen molar-refractivity contribution in [1.29, 1.82) is 0 Å². The van der Waals surface area contributed by atoms with E-state index in [0.29, 0.717) is 61.0 Å². The number of phenols is 1. The summed E-state index contributed by atoms with van der Waals surface area (Å²) in [4.78, 5) is 63.0. The molecule has 3 saturated carbocycles. The van der Waals surface area contributed by atoms with E-state index >= 15 is 0 Å². The second kappa shape index (κ2) is 15.8. The van der Waals surface area contributed by atoms with E-state index in [2.05, 4.69) is 20.8 Å². The van der Waals surface area contributed by atoms with Crippen molar-refractivity contribution in [2.24, 2.45) is 17.3 Å². The summed E-state index contributed by atoms with van der Waals surface area (Å²) in [5.41, 5.74) is 7.46. The molecule has 5 amide bonds. The van der Waals surface area contributed by atoms with Gasteiger partial charge in [0.1, 0.15) is 29.8 Å². The molecule has 16 heteroatoms. The van der Waals surface area contributed by atoms with E-state index in [1.165, 1.54) is 12.1 Å². The summed E-state index contributed by atoms with van der Waals surface area (Å²) in [5, 5.41) is 23.5. The number of imide groups is 2. The Bertz CT molecular complexity index is 1950. The van der Waals surface area contributed by atoms with Gasteiger partial charge >= 0.3 is 0 Å². The molecule has 2 aromatic carbocycles. The molecule has 4 fully saturated rings. The summed E-state index contributed by atoms with van der Waals surface area (Å²) in [6.45, 7) is 2.41. The van der Waals surface area contributed by atoms with Crippen molar-refractivity contribution in [3.63, 3.8) is 0 Å². The molecule has 2 bridgehead atoms. The van der Waals surface area contributed by atoms with Crippen molar-refractivity contribution in [3.05, 3.63) is 59.7 Å². The SMILES string of the molecule is Nc1nnc(-c2ccccc2O)cc1OCC1CC2(CNC(=O)CCOCCOCCOc3ccc4c(c3)C(=O)N(C3CCC(=O)NC3=O)C4=O)CC1C2. The zero-order valence-electron chi connectivity index (χ0n) is 29.6. The molecule has 2 atom stereocenters. The molecule has 5 N–H and O–H groups in total. The van der Waals surface area contributed by atoms with Crippen LogP contribution in [0, 0.1) is 17.3 Å². The first kappa shape index (κ1) is 36.7. The summed E-state index contributed by atoms with van der Waals surface area (Å²) < 4.78 is 22.9. The van der Waals surface area contributed by atoms with Crippen LogP contribution in [0.25, 0.3) is 11.3 Å². The Balaban J connectivity index is 0.742. The number of fused-ring (bicyclic) bond motifs is 2. The zero-order chi connectivity index (χ0) is 37.8. The van der Waals surface area contributed by atoms with Gasteiger partial charge in [0.15, 0.2) is 11.6 Å². The Hall–Kier alpha value is -5.61. The second-order valence-electron chi connectivity index (χ2n) is 14.2. The van der Waals surface area contributed by atoms with E-state index in [-0.39, 0.29) is 73.1 Å². The number of rotatable bonds is 17. The van der Waals surface area contributed by atoms with Gasteiger partial charge in [0.25, 0.3) is 11.8 Å². The van der Waals surface area contributed by atoms with Crippen molar-refractivity contribution in [3.8, 4) is 28.5 Å². The van der Waals surface area contributed by atoms with E-state index in [1.54, 1.807) is 30.3 Å². The number of nitrogens with one attached hydrogen (secondary N) is 2. The van der Waals surface area contributed by atoms with Crippen LogP contribution in [0.2, 0.25) is 0 Å². The van der Waals surface area contributed by atoms with E-state index < -0.39 is 29.7 Å². The molecule has 2 unspecified atom stereocenters. The lowest BCUT2D eigenvalue weighted by Crippen LogP contribution is -2.54. The smallest absolute Gasteiger partial charge is 0.262 e. The molecule has 3 aliphatic carbocycles. The van der Waals surface area contributed by atoms with Crippen molar-refractivity contribution < 1.29 is 48.0 Å². The fraction of sp³-hybridized carbons (Fsp3) is 0.447. The lowest BCUT2D eigenvalue weighted by atomic mass is 9.69. The number of aromatic hydroxyl groups is 1. The molecule has 54 heavy (non-hydrogen) atoms. The van der Waals surface area contributed by atoms with Crippen LogP contribution in [0.3, 0.4) is 0 Å². The minimum atomic E-state index is -1.03. The first-order valence-corrected chi connectivity index (χ1v) is 18.1. The number of nitrogen functional groups attached to an aromatic ring is 1. The Kier molecular flexibility index (Phi) is 10.7. The number of aromatic nitrogens is 2. The quantitative estimate of drug-likeness (QED) is 0.115. The van der Waals surface area contributed by atoms with Gasteiger partial charge in [-0.05, 0) is 73.3 Å². The number of hydrogen-bond acceptors (Lipinski definition) is 13. The van der Waals surface area contributed by atoms with Gasteiger partial charge in [-0.1, -0.05) is 12.1 Å². The molecule has 1 saturated heterocycles. The van der Waals surface area contributed by atoms with Gasteiger partial charge in [-0.3, -0.25) is 34.2 Å². The summed E-state index contributed by atoms with van der Waals surface area (Å²) in [7, 11) is 0. The third-order valence-electron chi connectivity index (χ3n) is 10.6. The van der Waals surface area contributed by atoms with Crippen molar-refractivity contribution in [2.45, 2.75) is 44.6 Å². The molecular weight excluding hydrogens is 700 g/mol. The van der Waals surface area contributed by atoms with Crippen LogP contribution in [0.1, 0.15) is 59.2 Å². The Morgan fingerprint density at radius 3 is 2.46 bits per heavy atom. The number of hydrogen-bond donors (Lipinski definition) is 4. The number of carbonyl (C=O) groups is 5. The van der Waals surface area contributed by atoms with Crippen LogP contribution in [-0.2, 0) is 23.9 Å². The number of anilines is 1. The number of amides is 5. The van der Waals surface area contributed by atoms with Crippen LogP contribution in [0.5, 0.6) is 17.2 Å². The highest BCUT2D eigenvalue weighted by Gasteiger charge is 2.55. The molecule has 284 valence electrons. The van der Waals surface area contributed by atoms with Gasteiger partial charge in [0, 0.05) is 31.0 Å². The maximum absolute atomic E-state index is 13.0. The zero-order valence-corrected chi connectivity index (χ0v) is 29.6. The van der Waals surface area contributed by atoms with Gasteiger partial charge in [-0.15, -0.1) is 10.2 Å². The number of nitrogens with zero attached hydrogens (tertiary/aromatic N) is 3. The van der Waals surface area contributed by atoms with Gasteiger partial charge in [0.2, 0.25) is 17.7 Å². The van der Waals surface area contributed by atoms with E-state index in [1.807, 2.05) is 6.07 Å². The molecule has 1 aromatic heterocycles. The maximum Gasteiger partial charge on any atom is 0.262 e. The van der Waals surface area contributed by atoms with E-state index in [9.17, 15) is 29.1 Å². The number of piperidine rings is 1. The first-order valence-electron chi connectivity index (χ1n) is 18.1. The lowest BCUT2D eigenvalue weighted by Gasteiger charge is -2.38. The van der Waals surface area contributed by atoms with Crippen molar-refractivity contribution in [2.75, 3.05) is 51.9 Å². The highest BCUT2D eigenvalue weighted by atomic mass is 16.5. The highest BCUT2D eigenvalue weighted by Crippen LogP contribution is 2.61. The predicted molar refractivity (Wildman–Crippen MR) is 190 cm³/mol. The number of phenolic OH excluding ortho intramolecular Hbond substituents is 1. The maximum atomic E-state index is 13.0. The molecule has 16 nitrogen and oxygen atoms in total. The molecule has 0 spiro atoms. The predicted octanol–water partition coefficient (Wildman–Crippen LogP) is 2.25. The number of benzene rings is 2. The Morgan fingerprint density at radius 1 is 0.907 bits per heavy atom. The summed E-state index contributed by atoms with van der Waals surface area (Å²) in [6.07, 6.45) is 3.41. The average Bonchev–Trinajstić information content (AvgIpc) is 3.76. The van der Waals surface area contributed by atoms with Crippen LogP contribution < -0.4 is 25.8 Å². The molecular formula is C38H42N6O10. The largest absolute Gasteiger partial charge is 0.507 e. The Morgan fingerprint density at radius 2 is 1.67 bits per heavy atom. The normalized spacial score (nSPS) is 22.8. The highest BCUT2D eigenvalue weighted by molar-refractivity contribution is 6.23. The van der Waals surface area contributed by atoms with Crippen molar-refractivity contribution in [1.82, 2.24) is 25.7 Å². The fourth-order valence-corrected chi connectivity index (χ4v) is 7.82. The number of nitrogens with two attached hydrogens (primary N) is 1. The number of ether oxygens (including phenoxy) is 4. The Labute approximate surface area is 310 Å². The van der Waals surface area contributed by atoms with Gasteiger partial charge in [0.05, 0.1) is 44.2 Å². The van der Waals surface area contributed by atoms with Gasteiger partial charge < -0.3 is 35.1 Å². The molecule has 3 heterocycles. The molecule has 5 aliphatic rings. The minimum absolute atomic E-state index is 0.0506. The summed E-state index contributed by atoms with van der Waals surface area (Å²) >= 11 is 0. The minimum Gasteiger partial charge on any atom is -0.507 e. The third kappa shape index (κ3) is 7.84. The van der Waals surface area contributed by atoms with Gasteiger partial charge in [-0.2, -0.15) is 0 Å². The monoisotopic (exact) mass is 742 g/mol. The van der Waals surface area contributed by atoms with Gasteiger partial charge in [-0.25, -0.2) is 0 Å². The van der Waals surface area contributed by atoms with Crippen LogP contribution in [0.4, 0.5) is 5.82 Å². The number of carbonyl (C=O) groups excluding carboxylic acids is 5. The van der Waals surface area contributed by atoms with E-state index in [0.717, 1.165) is 24.2 Å². The molecule has 2 aliphatic heterocycles. The first-order chi connectivity index (χ1) is 26.1. The summed E-state index contributed by atoms with van der Waals surface area (Å²) in [6, 6.07) is 12.1. The molecule has 3 aromatic rings. The van der Waals surface area contributed by atoms with Crippen molar-refractivity contribution >= 4 is 35.4 Å². The molecule has 8 rings (SSSR count). The van der Waals surface area contributed by atoms with Crippen LogP contribution in [0.15, 0.2) is 48.5 Å². The number of para-hydroxylation sites is 1.